The Balaban J connectivity index is 1.61. The lowest BCUT2D eigenvalue weighted by Gasteiger charge is -2.19. The normalized spacial score (nSPS) is 11.9. The number of hydrogen-bond acceptors (Lipinski definition) is 4. The molecular formula is C20H18N6O. The number of benzene rings is 1. The van der Waals surface area contributed by atoms with Crippen LogP contribution in [0.5, 0.6) is 0 Å². The van der Waals surface area contributed by atoms with Gasteiger partial charge < -0.3 is 5.32 Å². The highest BCUT2D eigenvalue weighted by molar-refractivity contribution is 5.93. The topological polar surface area (TPSA) is 88.5 Å². The second kappa shape index (κ2) is 7.25. The molecule has 0 aliphatic heterocycles. The molecule has 0 bridgehead atoms. The van der Waals surface area contributed by atoms with Gasteiger partial charge in [0.15, 0.2) is 0 Å². The Morgan fingerprint density at radius 1 is 1.04 bits per heavy atom. The SMILES string of the molecule is Cn1nccc1[C@H](NC(=O)c1cc(-c2ccccn2)n[nH]1)c1ccccc1. The van der Waals surface area contributed by atoms with Gasteiger partial charge in [-0.25, -0.2) is 0 Å². The number of aromatic nitrogens is 5. The molecule has 134 valence electrons. The van der Waals surface area contributed by atoms with Gasteiger partial charge in [0.25, 0.3) is 5.91 Å². The Morgan fingerprint density at radius 2 is 1.85 bits per heavy atom. The van der Waals surface area contributed by atoms with Crippen molar-refractivity contribution >= 4 is 5.91 Å². The molecule has 0 radical (unpaired) electrons. The summed E-state index contributed by atoms with van der Waals surface area (Å²) in [6, 6.07) is 18.6. The van der Waals surface area contributed by atoms with Crippen LogP contribution in [0.2, 0.25) is 0 Å². The second-order valence-electron chi connectivity index (χ2n) is 6.08. The van der Waals surface area contributed by atoms with Crippen LogP contribution in [0.15, 0.2) is 73.1 Å². The molecule has 0 unspecified atom stereocenters. The van der Waals surface area contributed by atoms with Crippen LogP contribution in [0, 0.1) is 0 Å². The van der Waals surface area contributed by atoms with E-state index in [2.05, 4.69) is 25.6 Å². The number of carbonyl (C=O) groups is 1. The summed E-state index contributed by atoms with van der Waals surface area (Å²) in [5.74, 6) is -0.250. The number of rotatable bonds is 5. The molecule has 0 saturated carbocycles. The average Bonchev–Trinajstić information content (AvgIpc) is 3.37. The first-order valence-electron chi connectivity index (χ1n) is 8.53. The Kier molecular flexibility index (Phi) is 4.49. The number of carbonyl (C=O) groups excluding carboxylic acids is 1. The van der Waals surface area contributed by atoms with E-state index < -0.39 is 0 Å². The first-order chi connectivity index (χ1) is 13.2. The van der Waals surface area contributed by atoms with E-state index in [0.29, 0.717) is 17.1 Å². The number of hydrogen-bond donors (Lipinski definition) is 2. The third-order valence-corrected chi connectivity index (χ3v) is 4.31. The predicted molar refractivity (Wildman–Crippen MR) is 101 cm³/mol. The first kappa shape index (κ1) is 16.7. The van der Waals surface area contributed by atoms with Crippen molar-refractivity contribution in [2.24, 2.45) is 7.05 Å². The summed E-state index contributed by atoms with van der Waals surface area (Å²) in [5, 5.41) is 14.3. The fourth-order valence-electron chi connectivity index (χ4n) is 2.93. The lowest BCUT2D eigenvalue weighted by Crippen LogP contribution is -2.31. The Bertz CT molecular complexity index is 1040. The highest BCUT2D eigenvalue weighted by Gasteiger charge is 2.21. The minimum absolute atomic E-state index is 0.250. The van der Waals surface area contributed by atoms with Crippen LogP contribution in [0.4, 0.5) is 0 Å². The minimum Gasteiger partial charge on any atom is -0.338 e. The van der Waals surface area contributed by atoms with Crippen molar-refractivity contribution in [2.45, 2.75) is 6.04 Å². The molecule has 2 N–H and O–H groups in total. The van der Waals surface area contributed by atoms with Gasteiger partial charge in [-0.3, -0.25) is 19.6 Å². The smallest absolute Gasteiger partial charge is 0.270 e. The van der Waals surface area contributed by atoms with Crippen molar-refractivity contribution in [3.05, 3.63) is 90.0 Å². The van der Waals surface area contributed by atoms with E-state index in [4.69, 9.17) is 0 Å². The zero-order chi connectivity index (χ0) is 18.6. The number of aromatic amines is 1. The molecule has 4 rings (SSSR count). The monoisotopic (exact) mass is 358 g/mol. The Morgan fingerprint density at radius 3 is 2.56 bits per heavy atom. The molecule has 3 heterocycles. The highest BCUT2D eigenvalue weighted by Crippen LogP contribution is 2.22. The van der Waals surface area contributed by atoms with Crippen molar-refractivity contribution in [1.29, 1.82) is 0 Å². The van der Waals surface area contributed by atoms with Crippen molar-refractivity contribution in [1.82, 2.24) is 30.3 Å². The van der Waals surface area contributed by atoms with Crippen LogP contribution in [0.3, 0.4) is 0 Å². The third kappa shape index (κ3) is 3.48. The fraction of sp³-hybridized carbons (Fsp3) is 0.100. The summed E-state index contributed by atoms with van der Waals surface area (Å²) < 4.78 is 1.75. The summed E-state index contributed by atoms with van der Waals surface area (Å²) >= 11 is 0. The lowest BCUT2D eigenvalue weighted by molar-refractivity contribution is 0.0936. The Labute approximate surface area is 156 Å². The van der Waals surface area contributed by atoms with Gasteiger partial charge in [0.1, 0.15) is 11.4 Å². The van der Waals surface area contributed by atoms with E-state index in [-0.39, 0.29) is 11.9 Å². The number of nitrogens with one attached hydrogen (secondary N) is 2. The van der Waals surface area contributed by atoms with Crippen molar-refractivity contribution in [2.75, 3.05) is 0 Å². The van der Waals surface area contributed by atoms with E-state index in [1.165, 1.54) is 0 Å². The van der Waals surface area contributed by atoms with Gasteiger partial charge in [0.2, 0.25) is 0 Å². The van der Waals surface area contributed by atoms with Crippen molar-refractivity contribution in [3.8, 4) is 11.4 Å². The molecule has 0 aliphatic carbocycles. The fourth-order valence-corrected chi connectivity index (χ4v) is 2.93. The summed E-state index contributed by atoms with van der Waals surface area (Å²) in [5.41, 5.74) is 3.56. The van der Waals surface area contributed by atoms with Crippen LogP contribution < -0.4 is 5.32 Å². The number of aryl methyl sites for hydroxylation is 1. The van der Waals surface area contributed by atoms with Gasteiger partial charge in [0.05, 0.1) is 17.4 Å². The van der Waals surface area contributed by atoms with Crippen molar-refractivity contribution < 1.29 is 4.79 Å². The van der Waals surface area contributed by atoms with Gasteiger partial charge in [-0.1, -0.05) is 36.4 Å². The second-order valence-corrected chi connectivity index (χ2v) is 6.08. The highest BCUT2D eigenvalue weighted by atomic mass is 16.2. The molecule has 1 amide bonds. The summed E-state index contributed by atoms with van der Waals surface area (Å²) in [6.07, 6.45) is 3.41. The van der Waals surface area contributed by atoms with Crippen LogP contribution in [-0.4, -0.2) is 30.9 Å². The molecule has 0 spiro atoms. The third-order valence-electron chi connectivity index (χ3n) is 4.31. The van der Waals surface area contributed by atoms with Crippen LogP contribution in [-0.2, 0) is 7.05 Å². The molecule has 0 fully saturated rings. The molecule has 3 aromatic heterocycles. The van der Waals surface area contributed by atoms with Gasteiger partial charge in [-0.15, -0.1) is 0 Å². The molecule has 0 saturated heterocycles. The van der Waals surface area contributed by atoms with Gasteiger partial charge in [0, 0.05) is 19.4 Å². The zero-order valence-electron chi connectivity index (χ0n) is 14.7. The van der Waals surface area contributed by atoms with Crippen molar-refractivity contribution in [3.63, 3.8) is 0 Å². The molecular weight excluding hydrogens is 340 g/mol. The maximum absolute atomic E-state index is 12.8. The number of pyridine rings is 1. The maximum atomic E-state index is 12.8. The van der Waals surface area contributed by atoms with E-state index in [1.807, 2.05) is 61.6 Å². The summed E-state index contributed by atoms with van der Waals surface area (Å²) in [7, 11) is 1.85. The quantitative estimate of drug-likeness (QED) is 0.574. The first-order valence-corrected chi connectivity index (χ1v) is 8.53. The van der Waals surface area contributed by atoms with Crippen LogP contribution in [0.25, 0.3) is 11.4 Å². The molecule has 27 heavy (non-hydrogen) atoms. The van der Waals surface area contributed by atoms with Crippen LogP contribution in [0.1, 0.15) is 27.8 Å². The van der Waals surface area contributed by atoms with E-state index in [1.54, 1.807) is 23.1 Å². The van der Waals surface area contributed by atoms with Gasteiger partial charge in [-0.2, -0.15) is 10.2 Å². The summed E-state index contributed by atoms with van der Waals surface area (Å²) in [6.45, 7) is 0. The number of H-pyrrole nitrogens is 1. The van der Waals surface area contributed by atoms with E-state index in [0.717, 1.165) is 11.3 Å². The molecule has 4 aromatic rings. The minimum atomic E-state index is -0.326. The molecule has 0 aliphatic rings. The van der Waals surface area contributed by atoms with E-state index >= 15 is 0 Å². The lowest BCUT2D eigenvalue weighted by atomic mass is 10.0. The summed E-state index contributed by atoms with van der Waals surface area (Å²) in [4.78, 5) is 17.1. The largest absolute Gasteiger partial charge is 0.338 e. The Hall–Kier alpha value is -3.74. The van der Waals surface area contributed by atoms with Gasteiger partial charge >= 0.3 is 0 Å². The molecule has 7 heteroatoms. The predicted octanol–water partition coefficient (Wildman–Crippen LogP) is 2.72. The maximum Gasteiger partial charge on any atom is 0.270 e. The standard InChI is InChI=1S/C20H18N6O/c1-26-18(10-12-22-26)19(14-7-3-2-4-8-14)23-20(27)17-13-16(24-25-17)15-9-5-6-11-21-15/h2-13,19H,1H3,(H,23,27)(H,24,25)/t19-/m1/s1. The van der Waals surface area contributed by atoms with E-state index in [9.17, 15) is 4.79 Å². The van der Waals surface area contributed by atoms with Gasteiger partial charge in [-0.05, 0) is 29.8 Å². The molecule has 7 nitrogen and oxygen atoms in total. The molecule has 1 atom stereocenters. The average molecular weight is 358 g/mol. The van der Waals surface area contributed by atoms with Crippen LogP contribution >= 0.6 is 0 Å². The number of amides is 1. The zero-order valence-corrected chi connectivity index (χ0v) is 14.7. The number of nitrogens with zero attached hydrogens (tertiary/aromatic N) is 4. The molecule has 1 aromatic carbocycles.